The molecule has 0 bridgehead atoms. The summed E-state index contributed by atoms with van der Waals surface area (Å²) in [6.45, 7) is 2.03. The van der Waals surface area contributed by atoms with Crippen LogP contribution in [0, 0.1) is 6.92 Å². The van der Waals surface area contributed by atoms with E-state index >= 15 is 0 Å². The van der Waals surface area contributed by atoms with Crippen LogP contribution in [0.5, 0.6) is 0 Å². The number of benzene rings is 2. The van der Waals surface area contributed by atoms with Crippen molar-refractivity contribution >= 4 is 23.4 Å². The Balaban J connectivity index is 1.97. The third-order valence-corrected chi connectivity index (χ3v) is 2.68. The van der Waals surface area contributed by atoms with Crippen molar-refractivity contribution in [3.63, 3.8) is 0 Å². The SMILES string of the molecule is Cc1ccc(/C=C/C(=O)Nc2ccc(N)cc2)cc1. The second kappa shape index (κ2) is 5.87. The number of nitrogens with one attached hydrogen (secondary N) is 1. The van der Waals surface area contributed by atoms with Crippen LogP contribution >= 0.6 is 0 Å². The maximum Gasteiger partial charge on any atom is 0.248 e. The van der Waals surface area contributed by atoms with Crippen molar-refractivity contribution < 1.29 is 4.79 Å². The molecule has 0 spiro atoms. The van der Waals surface area contributed by atoms with E-state index in [1.54, 1.807) is 30.3 Å². The van der Waals surface area contributed by atoms with Crippen LogP contribution in [0.1, 0.15) is 11.1 Å². The van der Waals surface area contributed by atoms with Crippen LogP contribution in [0.4, 0.5) is 11.4 Å². The first kappa shape index (κ1) is 12.9. The van der Waals surface area contributed by atoms with Gasteiger partial charge in [-0.2, -0.15) is 0 Å². The number of nitrogens with two attached hydrogens (primary N) is 1. The topological polar surface area (TPSA) is 55.1 Å². The lowest BCUT2D eigenvalue weighted by atomic mass is 10.1. The molecule has 0 aliphatic rings. The molecule has 2 aromatic rings. The van der Waals surface area contributed by atoms with Crippen molar-refractivity contribution in [1.82, 2.24) is 0 Å². The monoisotopic (exact) mass is 252 g/mol. The van der Waals surface area contributed by atoms with Gasteiger partial charge in [0.15, 0.2) is 0 Å². The summed E-state index contributed by atoms with van der Waals surface area (Å²) in [6.07, 6.45) is 3.30. The van der Waals surface area contributed by atoms with Crippen molar-refractivity contribution in [3.05, 3.63) is 65.7 Å². The highest BCUT2D eigenvalue weighted by Crippen LogP contribution is 2.11. The molecule has 1 amide bonds. The molecular formula is C16H16N2O. The Bertz CT molecular complexity index is 583. The quantitative estimate of drug-likeness (QED) is 0.651. The van der Waals surface area contributed by atoms with E-state index in [-0.39, 0.29) is 5.91 Å². The van der Waals surface area contributed by atoms with Gasteiger partial charge in [0.2, 0.25) is 5.91 Å². The van der Waals surface area contributed by atoms with Gasteiger partial charge >= 0.3 is 0 Å². The third-order valence-electron chi connectivity index (χ3n) is 2.68. The van der Waals surface area contributed by atoms with Gasteiger partial charge in [-0.05, 0) is 42.8 Å². The van der Waals surface area contributed by atoms with Crippen LogP contribution in [0.25, 0.3) is 6.08 Å². The van der Waals surface area contributed by atoms with E-state index < -0.39 is 0 Å². The van der Waals surface area contributed by atoms with E-state index in [9.17, 15) is 4.79 Å². The van der Waals surface area contributed by atoms with Crippen molar-refractivity contribution in [2.75, 3.05) is 11.1 Å². The highest BCUT2D eigenvalue weighted by molar-refractivity contribution is 6.01. The molecule has 0 atom stereocenters. The van der Waals surface area contributed by atoms with Gasteiger partial charge in [-0.1, -0.05) is 29.8 Å². The summed E-state index contributed by atoms with van der Waals surface area (Å²) in [6, 6.07) is 15.0. The minimum absolute atomic E-state index is 0.162. The Hall–Kier alpha value is -2.55. The summed E-state index contributed by atoms with van der Waals surface area (Å²) in [5.41, 5.74) is 9.18. The average Bonchev–Trinajstić information content (AvgIpc) is 2.41. The Labute approximate surface area is 112 Å². The molecule has 3 nitrogen and oxygen atoms in total. The van der Waals surface area contributed by atoms with Gasteiger partial charge in [0.05, 0.1) is 0 Å². The first-order valence-electron chi connectivity index (χ1n) is 6.05. The molecule has 19 heavy (non-hydrogen) atoms. The molecule has 0 aliphatic carbocycles. The lowest BCUT2D eigenvalue weighted by molar-refractivity contribution is -0.111. The highest BCUT2D eigenvalue weighted by atomic mass is 16.1. The maximum atomic E-state index is 11.7. The molecule has 3 N–H and O–H groups in total. The molecule has 0 aliphatic heterocycles. The van der Waals surface area contributed by atoms with E-state index in [0.717, 1.165) is 11.3 Å². The Morgan fingerprint density at radius 3 is 2.32 bits per heavy atom. The van der Waals surface area contributed by atoms with Gasteiger partial charge < -0.3 is 11.1 Å². The molecule has 2 rings (SSSR count). The number of carbonyl (C=O) groups is 1. The molecule has 3 heteroatoms. The predicted molar refractivity (Wildman–Crippen MR) is 79.7 cm³/mol. The van der Waals surface area contributed by atoms with Crippen LogP contribution in [-0.2, 0) is 4.79 Å². The minimum Gasteiger partial charge on any atom is -0.399 e. The van der Waals surface area contributed by atoms with Gasteiger partial charge in [0.1, 0.15) is 0 Å². The van der Waals surface area contributed by atoms with Crippen LogP contribution < -0.4 is 11.1 Å². The molecule has 96 valence electrons. The van der Waals surface area contributed by atoms with Gasteiger partial charge in [-0.25, -0.2) is 0 Å². The summed E-state index contributed by atoms with van der Waals surface area (Å²) in [5.74, 6) is -0.162. The van der Waals surface area contributed by atoms with Crippen molar-refractivity contribution in [3.8, 4) is 0 Å². The number of rotatable bonds is 3. The van der Waals surface area contributed by atoms with Gasteiger partial charge in [-0.15, -0.1) is 0 Å². The number of nitrogen functional groups attached to an aromatic ring is 1. The number of hydrogen-bond donors (Lipinski definition) is 2. The van der Waals surface area contributed by atoms with E-state index in [0.29, 0.717) is 5.69 Å². The molecule has 0 heterocycles. The fraction of sp³-hybridized carbons (Fsp3) is 0.0625. The van der Waals surface area contributed by atoms with Gasteiger partial charge in [0, 0.05) is 17.5 Å². The molecule has 0 fully saturated rings. The summed E-state index contributed by atoms with van der Waals surface area (Å²) in [7, 11) is 0. The zero-order valence-electron chi connectivity index (χ0n) is 10.8. The second-order valence-electron chi connectivity index (χ2n) is 4.36. The number of aryl methyl sites for hydroxylation is 1. The summed E-state index contributed by atoms with van der Waals surface area (Å²) >= 11 is 0. The standard InChI is InChI=1S/C16H16N2O/c1-12-2-4-13(5-3-12)6-11-16(19)18-15-9-7-14(17)8-10-15/h2-11H,17H2,1H3,(H,18,19)/b11-6+. The summed E-state index contributed by atoms with van der Waals surface area (Å²) < 4.78 is 0. The smallest absolute Gasteiger partial charge is 0.248 e. The van der Waals surface area contributed by atoms with Crippen LogP contribution in [0.3, 0.4) is 0 Å². The van der Waals surface area contributed by atoms with Crippen molar-refractivity contribution in [1.29, 1.82) is 0 Å². The Morgan fingerprint density at radius 1 is 1.05 bits per heavy atom. The molecule has 0 aromatic heterocycles. The van der Waals surface area contributed by atoms with E-state index in [1.165, 1.54) is 11.6 Å². The highest BCUT2D eigenvalue weighted by Gasteiger charge is 1.97. The van der Waals surface area contributed by atoms with Crippen LogP contribution in [0.2, 0.25) is 0 Å². The number of amides is 1. The summed E-state index contributed by atoms with van der Waals surface area (Å²) in [4.78, 5) is 11.7. The molecule has 0 saturated carbocycles. The van der Waals surface area contributed by atoms with E-state index in [2.05, 4.69) is 5.32 Å². The number of hydrogen-bond acceptors (Lipinski definition) is 2. The number of carbonyl (C=O) groups excluding carboxylic acids is 1. The fourth-order valence-electron chi connectivity index (χ4n) is 1.60. The lowest BCUT2D eigenvalue weighted by Crippen LogP contribution is -2.07. The zero-order chi connectivity index (χ0) is 13.7. The second-order valence-corrected chi connectivity index (χ2v) is 4.36. The van der Waals surface area contributed by atoms with Crippen molar-refractivity contribution in [2.24, 2.45) is 0 Å². The van der Waals surface area contributed by atoms with Crippen molar-refractivity contribution in [2.45, 2.75) is 6.92 Å². The molecule has 0 saturated heterocycles. The third kappa shape index (κ3) is 4.00. The molecule has 2 aromatic carbocycles. The number of anilines is 2. The molecule has 0 unspecified atom stereocenters. The average molecular weight is 252 g/mol. The Morgan fingerprint density at radius 2 is 1.68 bits per heavy atom. The molecule has 0 radical (unpaired) electrons. The fourth-order valence-corrected chi connectivity index (χ4v) is 1.60. The van der Waals surface area contributed by atoms with Crippen LogP contribution in [-0.4, -0.2) is 5.91 Å². The summed E-state index contributed by atoms with van der Waals surface area (Å²) in [5, 5.41) is 2.77. The maximum absolute atomic E-state index is 11.7. The van der Waals surface area contributed by atoms with E-state index in [4.69, 9.17) is 5.73 Å². The Kier molecular flexibility index (Phi) is 3.98. The largest absolute Gasteiger partial charge is 0.399 e. The van der Waals surface area contributed by atoms with E-state index in [1.807, 2.05) is 31.2 Å². The zero-order valence-corrected chi connectivity index (χ0v) is 10.8. The van der Waals surface area contributed by atoms with Crippen LogP contribution in [0.15, 0.2) is 54.6 Å². The lowest BCUT2D eigenvalue weighted by Gasteiger charge is -2.02. The first-order valence-corrected chi connectivity index (χ1v) is 6.05. The van der Waals surface area contributed by atoms with Gasteiger partial charge in [-0.3, -0.25) is 4.79 Å². The van der Waals surface area contributed by atoms with Gasteiger partial charge in [0.25, 0.3) is 0 Å². The first-order chi connectivity index (χ1) is 9.13. The predicted octanol–water partition coefficient (Wildman–Crippen LogP) is 3.23. The molecular weight excluding hydrogens is 236 g/mol. The minimum atomic E-state index is -0.162. The normalized spacial score (nSPS) is 10.6.